The van der Waals surface area contributed by atoms with Crippen LogP contribution in [-0.4, -0.2) is 29.7 Å². The molecular weight excluding hydrogens is 254 g/mol. The van der Waals surface area contributed by atoms with E-state index in [-0.39, 0.29) is 37.6 Å². The SMILES string of the molecule is Cc1ccc(C(=O)CCC(=O)N(CC#N)CC#N)cc1. The van der Waals surface area contributed by atoms with Crippen LogP contribution in [0.15, 0.2) is 24.3 Å². The summed E-state index contributed by atoms with van der Waals surface area (Å²) in [7, 11) is 0. The Morgan fingerprint density at radius 1 is 1.05 bits per heavy atom. The number of benzene rings is 1. The Morgan fingerprint density at radius 2 is 1.60 bits per heavy atom. The van der Waals surface area contributed by atoms with Crippen LogP contribution in [0.2, 0.25) is 0 Å². The number of Topliss-reactive ketones (excluding diaryl/α,β-unsaturated/α-hetero) is 1. The van der Waals surface area contributed by atoms with Gasteiger partial charge < -0.3 is 4.90 Å². The van der Waals surface area contributed by atoms with Crippen LogP contribution in [-0.2, 0) is 4.79 Å². The number of aryl methyl sites for hydroxylation is 1. The smallest absolute Gasteiger partial charge is 0.224 e. The van der Waals surface area contributed by atoms with E-state index in [1.54, 1.807) is 12.1 Å². The van der Waals surface area contributed by atoms with Crippen LogP contribution in [0, 0.1) is 29.6 Å². The van der Waals surface area contributed by atoms with Gasteiger partial charge in [-0.3, -0.25) is 9.59 Å². The molecule has 0 unspecified atom stereocenters. The summed E-state index contributed by atoms with van der Waals surface area (Å²) in [5.41, 5.74) is 1.63. The lowest BCUT2D eigenvalue weighted by molar-refractivity contribution is -0.130. The van der Waals surface area contributed by atoms with Crippen LogP contribution < -0.4 is 0 Å². The number of rotatable bonds is 6. The first-order valence-electron chi connectivity index (χ1n) is 6.20. The summed E-state index contributed by atoms with van der Waals surface area (Å²) in [6.45, 7) is 1.66. The van der Waals surface area contributed by atoms with Gasteiger partial charge in [-0.05, 0) is 6.92 Å². The number of hydrogen-bond donors (Lipinski definition) is 0. The molecule has 1 aromatic carbocycles. The summed E-state index contributed by atoms with van der Waals surface area (Å²) in [5.74, 6) is -0.472. The number of ketones is 1. The summed E-state index contributed by atoms with van der Waals surface area (Å²) < 4.78 is 0. The zero-order chi connectivity index (χ0) is 15.0. The normalized spacial score (nSPS) is 9.35. The minimum atomic E-state index is -0.353. The summed E-state index contributed by atoms with van der Waals surface area (Å²) in [5, 5.41) is 17.1. The van der Waals surface area contributed by atoms with E-state index in [9.17, 15) is 9.59 Å². The van der Waals surface area contributed by atoms with Gasteiger partial charge in [-0.15, -0.1) is 0 Å². The van der Waals surface area contributed by atoms with Crippen molar-refractivity contribution in [1.29, 1.82) is 10.5 Å². The highest BCUT2D eigenvalue weighted by Gasteiger charge is 2.15. The second kappa shape index (κ2) is 7.70. The molecule has 1 aromatic rings. The lowest BCUT2D eigenvalue weighted by atomic mass is 10.0. The molecule has 0 atom stereocenters. The predicted octanol–water partition coefficient (Wildman–Crippen LogP) is 1.83. The van der Waals surface area contributed by atoms with Gasteiger partial charge >= 0.3 is 0 Å². The van der Waals surface area contributed by atoms with Crippen molar-refractivity contribution in [3.05, 3.63) is 35.4 Å². The average Bonchev–Trinajstić information content (AvgIpc) is 2.45. The van der Waals surface area contributed by atoms with Crippen molar-refractivity contribution in [2.75, 3.05) is 13.1 Å². The van der Waals surface area contributed by atoms with Crippen molar-refractivity contribution in [2.45, 2.75) is 19.8 Å². The number of nitrogens with zero attached hydrogens (tertiary/aromatic N) is 3. The molecule has 0 aliphatic heterocycles. The minimum Gasteiger partial charge on any atom is -0.316 e. The third-order valence-corrected chi connectivity index (χ3v) is 2.82. The van der Waals surface area contributed by atoms with Crippen molar-refractivity contribution in [3.8, 4) is 12.1 Å². The largest absolute Gasteiger partial charge is 0.316 e. The topological polar surface area (TPSA) is 85.0 Å². The molecule has 20 heavy (non-hydrogen) atoms. The van der Waals surface area contributed by atoms with Gasteiger partial charge in [0.25, 0.3) is 0 Å². The Labute approximate surface area is 118 Å². The molecule has 0 fully saturated rings. The molecule has 0 saturated heterocycles. The molecule has 0 aliphatic rings. The van der Waals surface area contributed by atoms with E-state index >= 15 is 0 Å². The fraction of sp³-hybridized carbons (Fsp3) is 0.333. The highest BCUT2D eigenvalue weighted by molar-refractivity contribution is 5.98. The second-order valence-electron chi connectivity index (χ2n) is 4.36. The van der Waals surface area contributed by atoms with Crippen molar-refractivity contribution < 1.29 is 9.59 Å². The molecule has 102 valence electrons. The van der Waals surface area contributed by atoms with Gasteiger partial charge in [-0.25, -0.2) is 0 Å². The quantitative estimate of drug-likeness (QED) is 0.582. The maximum atomic E-state index is 11.9. The van der Waals surface area contributed by atoms with Crippen LogP contribution in [0.4, 0.5) is 0 Å². The molecule has 0 saturated carbocycles. The summed E-state index contributed by atoms with van der Waals surface area (Å²) >= 11 is 0. The van der Waals surface area contributed by atoms with E-state index in [1.165, 1.54) is 0 Å². The van der Waals surface area contributed by atoms with E-state index in [2.05, 4.69) is 0 Å². The molecule has 1 amide bonds. The van der Waals surface area contributed by atoms with E-state index in [1.807, 2.05) is 31.2 Å². The van der Waals surface area contributed by atoms with Crippen molar-refractivity contribution >= 4 is 11.7 Å². The fourth-order valence-electron chi connectivity index (χ4n) is 1.67. The monoisotopic (exact) mass is 269 g/mol. The Balaban J connectivity index is 2.56. The molecule has 0 spiro atoms. The van der Waals surface area contributed by atoms with E-state index in [0.29, 0.717) is 5.56 Å². The Hall–Kier alpha value is -2.66. The van der Waals surface area contributed by atoms with Gasteiger partial charge in [0.15, 0.2) is 5.78 Å². The zero-order valence-corrected chi connectivity index (χ0v) is 11.3. The van der Waals surface area contributed by atoms with Crippen LogP contribution in [0.1, 0.15) is 28.8 Å². The third-order valence-electron chi connectivity index (χ3n) is 2.82. The van der Waals surface area contributed by atoms with Crippen molar-refractivity contribution in [2.24, 2.45) is 0 Å². The lowest BCUT2D eigenvalue weighted by Crippen LogP contribution is -2.31. The van der Waals surface area contributed by atoms with Gasteiger partial charge in [-0.1, -0.05) is 29.8 Å². The Kier molecular flexibility index (Phi) is 5.93. The average molecular weight is 269 g/mol. The third kappa shape index (κ3) is 4.55. The van der Waals surface area contributed by atoms with Gasteiger partial charge in [0.1, 0.15) is 13.1 Å². The van der Waals surface area contributed by atoms with Crippen molar-refractivity contribution in [1.82, 2.24) is 4.90 Å². The number of carbonyl (C=O) groups excluding carboxylic acids is 2. The van der Waals surface area contributed by atoms with Crippen LogP contribution in [0.25, 0.3) is 0 Å². The van der Waals surface area contributed by atoms with Crippen LogP contribution in [0.3, 0.4) is 0 Å². The molecule has 5 nitrogen and oxygen atoms in total. The van der Waals surface area contributed by atoms with E-state index in [4.69, 9.17) is 10.5 Å². The van der Waals surface area contributed by atoms with Crippen LogP contribution >= 0.6 is 0 Å². The molecule has 0 N–H and O–H groups in total. The number of carbonyl (C=O) groups is 2. The molecule has 0 radical (unpaired) electrons. The van der Waals surface area contributed by atoms with E-state index in [0.717, 1.165) is 10.5 Å². The van der Waals surface area contributed by atoms with Gasteiger partial charge in [0.05, 0.1) is 12.1 Å². The highest BCUT2D eigenvalue weighted by atomic mass is 16.2. The van der Waals surface area contributed by atoms with Gasteiger partial charge in [-0.2, -0.15) is 10.5 Å². The molecule has 0 aromatic heterocycles. The summed E-state index contributed by atoms with van der Waals surface area (Å²) in [4.78, 5) is 24.8. The molecule has 5 heteroatoms. The Morgan fingerprint density at radius 3 is 2.10 bits per heavy atom. The Bertz CT molecular complexity index is 548. The zero-order valence-electron chi connectivity index (χ0n) is 11.3. The number of hydrogen-bond acceptors (Lipinski definition) is 4. The first-order valence-corrected chi connectivity index (χ1v) is 6.20. The molecule has 0 heterocycles. The number of nitriles is 2. The maximum Gasteiger partial charge on any atom is 0.224 e. The molecule has 0 aliphatic carbocycles. The van der Waals surface area contributed by atoms with Gasteiger partial charge in [0, 0.05) is 18.4 Å². The summed E-state index contributed by atoms with van der Waals surface area (Å²) in [6, 6.07) is 10.8. The lowest BCUT2D eigenvalue weighted by Gasteiger charge is -2.15. The summed E-state index contributed by atoms with van der Waals surface area (Å²) in [6.07, 6.45) is 0.0886. The van der Waals surface area contributed by atoms with Gasteiger partial charge in [0.2, 0.25) is 5.91 Å². The van der Waals surface area contributed by atoms with Crippen LogP contribution in [0.5, 0.6) is 0 Å². The fourth-order valence-corrected chi connectivity index (χ4v) is 1.67. The first kappa shape index (κ1) is 15.4. The second-order valence-corrected chi connectivity index (χ2v) is 4.36. The maximum absolute atomic E-state index is 11.9. The molecular formula is C15H15N3O2. The number of amides is 1. The minimum absolute atomic E-state index is 0.00999. The molecule has 1 rings (SSSR count). The first-order chi connectivity index (χ1) is 9.58. The van der Waals surface area contributed by atoms with E-state index < -0.39 is 0 Å². The molecule has 0 bridgehead atoms. The predicted molar refractivity (Wildman–Crippen MR) is 72.5 cm³/mol. The highest BCUT2D eigenvalue weighted by Crippen LogP contribution is 2.08. The van der Waals surface area contributed by atoms with Crippen molar-refractivity contribution in [3.63, 3.8) is 0 Å². The standard InChI is InChI=1S/C15H15N3O2/c1-12-2-4-13(5-3-12)14(19)6-7-15(20)18(10-8-16)11-9-17/h2-5H,6-7,10-11H2,1H3.